The van der Waals surface area contributed by atoms with E-state index in [0.717, 1.165) is 27.6 Å². The molecule has 4 aromatic rings. The summed E-state index contributed by atoms with van der Waals surface area (Å²) >= 11 is 3.27. The molecule has 2 aromatic carbocycles. The molecule has 7 heteroatoms. The molecule has 0 aliphatic heterocycles. The van der Waals surface area contributed by atoms with Crippen LogP contribution < -0.4 is 4.72 Å². The molecule has 0 spiro atoms. The van der Waals surface area contributed by atoms with Crippen molar-refractivity contribution in [1.29, 1.82) is 0 Å². The highest BCUT2D eigenvalue weighted by molar-refractivity contribution is 7.97. The van der Waals surface area contributed by atoms with Gasteiger partial charge in [0.15, 0.2) is 0 Å². The quantitative estimate of drug-likeness (QED) is 0.405. The first kappa shape index (κ1) is 18.8. The summed E-state index contributed by atoms with van der Waals surface area (Å²) in [5.74, 6) is -0.209. The third-order valence-electron chi connectivity index (χ3n) is 5.30. The minimum absolute atomic E-state index is 0.209. The molecule has 4 nitrogen and oxygen atoms in total. The van der Waals surface area contributed by atoms with Crippen LogP contribution in [-0.2, 0) is 6.42 Å². The summed E-state index contributed by atoms with van der Waals surface area (Å²) in [6.07, 6.45) is 5.33. The zero-order valence-electron chi connectivity index (χ0n) is 16.3. The lowest BCUT2D eigenvalue weighted by molar-refractivity contribution is 0.627. The van der Waals surface area contributed by atoms with Gasteiger partial charge in [0.2, 0.25) is 5.13 Å². The fourth-order valence-corrected chi connectivity index (χ4v) is 4.87. The fraction of sp³-hybridized carbons (Fsp3) is 0.273. The number of aromatic nitrogens is 3. The molecular weight excluding hydrogens is 403 g/mol. The first-order chi connectivity index (χ1) is 14.0. The summed E-state index contributed by atoms with van der Waals surface area (Å²) in [5.41, 5.74) is 3.66. The second-order valence-corrected chi connectivity index (χ2v) is 9.91. The van der Waals surface area contributed by atoms with Crippen LogP contribution in [0.15, 0.2) is 53.6 Å². The summed E-state index contributed by atoms with van der Waals surface area (Å²) in [6, 6.07) is 13.3. The standard InChI is InChI=1S/C22H21FN4S2/c1-14-24-25-21(28-14)27-13-16(11-15-3-5-17(23)6-4-15)19-8-7-18(12-20(19)27)29-26-22(2)9-10-22/h3-8,12-13,26H,9-11H2,1-2H3. The third-order valence-corrected chi connectivity index (χ3v) is 7.23. The van der Waals surface area contributed by atoms with Gasteiger partial charge in [-0.15, -0.1) is 10.2 Å². The third kappa shape index (κ3) is 3.95. The van der Waals surface area contributed by atoms with Crippen molar-refractivity contribution in [3.63, 3.8) is 0 Å². The van der Waals surface area contributed by atoms with E-state index in [0.29, 0.717) is 0 Å². The van der Waals surface area contributed by atoms with Crippen LogP contribution in [0.1, 0.15) is 35.9 Å². The van der Waals surface area contributed by atoms with Crippen molar-refractivity contribution in [2.45, 2.75) is 43.5 Å². The molecule has 0 bridgehead atoms. The van der Waals surface area contributed by atoms with Gasteiger partial charge in [-0.05, 0) is 80.5 Å². The molecule has 0 unspecified atom stereocenters. The molecule has 0 radical (unpaired) electrons. The number of hydrogen-bond donors (Lipinski definition) is 1. The lowest BCUT2D eigenvalue weighted by Crippen LogP contribution is -2.19. The number of fused-ring (bicyclic) bond motifs is 1. The van der Waals surface area contributed by atoms with E-state index in [2.05, 4.69) is 50.8 Å². The second kappa shape index (κ2) is 7.23. The lowest BCUT2D eigenvalue weighted by atomic mass is 10.0. The summed E-state index contributed by atoms with van der Waals surface area (Å²) in [7, 11) is 0. The maximum absolute atomic E-state index is 13.3. The van der Waals surface area contributed by atoms with Crippen molar-refractivity contribution in [1.82, 2.24) is 19.5 Å². The molecule has 0 saturated heterocycles. The zero-order valence-corrected chi connectivity index (χ0v) is 17.9. The van der Waals surface area contributed by atoms with E-state index in [1.807, 2.05) is 19.1 Å². The van der Waals surface area contributed by atoms with Crippen LogP contribution >= 0.6 is 23.3 Å². The smallest absolute Gasteiger partial charge is 0.216 e. The van der Waals surface area contributed by atoms with E-state index < -0.39 is 0 Å². The maximum atomic E-state index is 13.3. The molecule has 1 aliphatic rings. The average Bonchev–Trinajstić information content (AvgIpc) is 3.13. The molecule has 2 aromatic heterocycles. The summed E-state index contributed by atoms with van der Waals surface area (Å²) in [6.45, 7) is 4.22. The Morgan fingerprint density at radius 2 is 1.97 bits per heavy atom. The average molecular weight is 425 g/mol. The number of benzene rings is 2. The largest absolute Gasteiger partial charge is 0.291 e. The van der Waals surface area contributed by atoms with Crippen LogP contribution in [0.25, 0.3) is 16.0 Å². The first-order valence-electron chi connectivity index (χ1n) is 9.62. The fourth-order valence-electron chi connectivity index (χ4n) is 3.32. The monoisotopic (exact) mass is 424 g/mol. The highest BCUT2D eigenvalue weighted by atomic mass is 32.2. The number of nitrogens with zero attached hydrogens (tertiary/aromatic N) is 3. The predicted octanol–water partition coefficient (Wildman–Crippen LogP) is 5.67. The minimum atomic E-state index is -0.209. The number of rotatable bonds is 6. The van der Waals surface area contributed by atoms with E-state index >= 15 is 0 Å². The van der Waals surface area contributed by atoms with Crippen LogP contribution in [0.4, 0.5) is 4.39 Å². The SMILES string of the molecule is Cc1nnc(-n2cc(Cc3ccc(F)cc3)c3ccc(SNC4(C)CC4)cc32)s1. The van der Waals surface area contributed by atoms with Gasteiger partial charge in [-0.2, -0.15) is 0 Å². The van der Waals surface area contributed by atoms with E-state index in [1.54, 1.807) is 23.3 Å². The Balaban J connectivity index is 1.55. The number of hydrogen-bond acceptors (Lipinski definition) is 5. The Hall–Kier alpha value is -2.22. The van der Waals surface area contributed by atoms with Crippen molar-refractivity contribution < 1.29 is 4.39 Å². The molecule has 148 valence electrons. The van der Waals surface area contributed by atoms with Crippen LogP contribution in [0, 0.1) is 12.7 Å². The van der Waals surface area contributed by atoms with E-state index in [9.17, 15) is 4.39 Å². The van der Waals surface area contributed by atoms with Gasteiger partial charge in [-0.3, -0.25) is 9.29 Å². The van der Waals surface area contributed by atoms with Crippen molar-refractivity contribution >= 4 is 34.2 Å². The van der Waals surface area contributed by atoms with Crippen molar-refractivity contribution in [2.75, 3.05) is 0 Å². The van der Waals surface area contributed by atoms with Crippen LogP contribution in [0.5, 0.6) is 0 Å². The lowest BCUT2D eigenvalue weighted by Gasteiger charge is -2.10. The van der Waals surface area contributed by atoms with Gasteiger partial charge in [0.1, 0.15) is 10.8 Å². The molecule has 1 saturated carbocycles. The first-order valence-corrected chi connectivity index (χ1v) is 11.3. The highest BCUT2D eigenvalue weighted by Gasteiger charge is 2.37. The number of halogens is 1. The molecule has 1 fully saturated rings. The van der Waals surface area contributed by atoms with Gasteiger partial charge in [0, 0.05) is 22.0 Å². The molecule has 1 aliphatic carbocycles. The summed E-state index contributed by atoms with van der Waals surface area (Å²) < 4.78 is 19.0. The topological polar surface area (TPSA) is 42.7 Å². The molecular formula is C22H21FN4S2. The Morgan fingerprint density at radius 1 is 1.17 bits per heavy atom. The van der Waals surface area contributed by atoms with Crippen molar-refractivity contribution in [2.24, 2.45) is 0 Å². The maximum Gasteiger partial charge on any atom is 0.216 e. The summed E-state index contributed by atoms with van der Waals surface area (Å²) in [4.78, 5) is 1.18. The van der Waals surface area contributed by atoms with Gasteiger partial charge in [0.05, 0.1) is 5.52 Å². The van der Waals surface area contributed by atoms with Crippen molar-refractivity contribution in [3.8, 4) is 5.13 Å². The van der Waals surface area contributed by atoms with Gasteiger partial charge in [-0.1, -0.05) is 29.5 Å². The van der Waals surface area contributed by atoms with E-state index in [4.69, 9.17) is 0 Å². The zero-order chi connectivity index (χ0) is 20.0. The van der Waals surface area contributed by atoms with Gasteiger partial charge in [0.25, 0.3) is 0 Å². The molecule has 0 amide bonds. The normalized spacial score (nSPS) is 15.1. The van der Waals surface area contributed by atoms with Crippen LogP contribution in [0.2, 0.25) is 0 Å². The molecule has 5 rings (SSSR count). The van der Waals surface area contributed by atoms with Gasteiger partial charge < -0.3 is 0 Å². The Labute approximate surface area is 177 Å². The highest BCUT2D eigenvalue weighted by Crippen LogP contribution is 2.38. The van der Waals surface area contributed by atoms with Gasteiger partial charge >= 0.3 is 0 Å². The van der Waals surface area contributed by atoms with Gasteiger partial charge in [-0.25, -0.2) is 4.39 Å². The Kier molecular flexibility index (Phi) is 4.69. The molecule has 2 heterocycles. The second-order valence-electron chi connectivity index (χ2n) is 7.87. The molecule has 1 N–H and O–H groups in total. The summed E-state index contributed by atoms with van der Waals surface area (Å²) in [5, 5.41) is 11.5. The Morgan fingerprint density at radius 3 is 2.66 bits per heavy atom. The van der Waals surface area contributed by atoms with E-state index in [1.165, 1.54) is 40.8 Å². The van der Waals surface area contributed by atoms with Crippen LogP contribution in [-0.4, -0.2) is 20.3 Å². The van der Waals surface area contributed by atoms with E-state index in [-0.39, 0.29) is 11.4 Å². The number of aryl methyl sites for hydroxylation is 1. The predicted molar refractivity (Wildman–Crippen MR) is 117 cm³/mol. The van der Waals surface area contributed by atoms with Crippen LogP contribution in [0.3, 0.4) is 0 Å². The molecule has 29 heavy (non-hydrogen) atoms. The Bertz CT molecular complexity index is 1180. The molecule has 0 atom stereocenters. The minimum Gasteiger partial charge on any atom is -0.291 e. The van der Waals surface area contributed by atoms with Crippen molar-refractivity contribution in [3.05, 3.63) is 70.6 Å². The number of nitrogens with one attached hydrogen (secondary N) is 1.